The molecule has 0 aromatic heterocycles. The van der Waals surface area contributed by atoms with Gasteiger partial charge in [-0.15, -0.1) is 0 Å². The number of nitrogens with zero attached hydrogens (tertiary/aromatic N) is 1. The number of carbonyl (C=O) groups is 1. The van der Waals surface area contributed by atoms with Gasteiger partial charge in [0, 0.05) is 15.1 Å². The molecule has 0 radical (unpaired) electrons. The van der Waals surface area contributed by atoms with Gasteiger partial charge in [-0.25, -0.2) is 0 Å². The molecule has 0 N–H and O–H groups in total. The standard InChI is InChI=1S/C16H11BrClNO2/c1-21-12-4-2-3-10(7-12)14(9-19)16(20)13-8-11(18)5-6-15(13)17/h2-8,14H,1H3. The Morgan fingerprint density at radius 2 is 2.10 bits per heavy atom. The largest absolute Gasteiger partial charge is 0.497 e. The highest BCUT2D eigenvalue weighted by Crippen LogP contribution is 2.29. The first-order chi connectivity index (χ1) is 10.1. The average molecular weight is 365 g/mol. The lowest BCUT2D eigenvalue weighted by molar-refractivity contribution is 0.0978. The molecule has 21 heavy (non-hydrogen) atoms. The fourth-order valence-electron chi connectivity index (χ4n) is 1.95. The Balaban J connectivity index is 2.43. The van der Waals surface area contributed by atoms with E-state index in [2.05, 4.69) is 15.9 Å². The molecule has 0 saturated carbocycles. The molecule has 106 valence electrons. The molecule has 0 bridgehead atoms. The van der Waals surface area contributed by atoms with Crippen molar-refractivity contribution in [2.75, 3.05) is 7.11 Å². The first kappa shape index (κ1) is 15.6. The van der Waals surface area contributed by atoms with Crippen molar-refractivity contribution >= 4 is 33.3 Å². The Morgan fingerprint density at radius 1 is 1.33 bits per heavy atom. The molecule has 2 aromatic carbocycles. The molecule has 2 rings (SSSR count). The molecule has 1 unspecified atom stereocenters. The second-order valence-corrected chi connectivity index (χ2v) is 5.62. The molecule has 0 heterocycles. The number of benzene rings is 2. The van der Waals surface area contributed by atoms with Crippen LogP contribution in [0.25, 0.3) is 0 Å². The summed E-state index contributed by atoms with van der Waals surface area (Å²) in [5, 5.41) is 9.82. The average Bonchev–Trinajstić information content (AvgIpc) is 2.50. The van der Waals surface area contributed by atoms with E-state index in [1.807, 2.05) is 6.07 Å². The molecule has 0 fully saturated rings. The topological polar surface area (TPSA) is 50.1 Å². The molecule has 0 aliphatic heterocycles. The quantitative estimate of drug-likeness (QED) is 0.745. The van der Waals surface area contributed by atoms with Gasteiger partial charge in [0.2, 0.25) is 0 Å². The summed E-state index contributed by atoms with van der Waals surface area (Å²) in [6.45, 7) is 0. The normalized spacial score (nSPS) is 11.5. The van der Waals surface area contributed by atoms with E-state index in [1.165, 1.54) is 7.11 Å². The van der Waals surface area contributed by atoms with Crippen LogP contribution in [0.5, 0.6) is 5.75 Å². The summed E-state index contributed by atoms with van der Waals surface area (Å²) in [5.74, 6) is -0.610. The van der Waals surface area contributed by atoms with Gasteiger partial charge in [0.25, 0.3) is 0 Å². The van der Waals surface area contributed by atoms with E-state index < -0.39 is 5.92 Å². The Hall–Kier alpha value is -1.83. The van der Waals surface area contributed by atoms with Gasteiger partial charge in [-0.3, -0.25) is 4.79 Å². The first-order valence-electron chi connectivity index (χ1n) is 6.09. The summed E-state index contributed by atoms with van der Waals surface area (Å²) in [7, 11) is 1.54. The molecule has 0 amide bonds. The zero-order valence-corrected chi connectivity index (χ0v) is 13.5. The summed E-state index contributed by atoms with van der Waals surface area (Å²) in [6.07, 6.45) is 0. The summed E-state index contributed by atoms with van der Waals surface area (Å²) in [6, 6.07) is 13.9. The third-order valence-electron chi connectivity index (χ3n) is 3.01. The van der Waals surface area contributed by atoms with Crippen molar-refractivity contribution in [3.8, 4) is 11.8 Å². The van der Waals surface area contributed by atoms with Gasteiger partial charge in [0.1, 0.15) is 11.7 Å². The van der Waals surface area contributed by atoms with Crippen LogP contribution in [0.3, 0.4) is 0 Å². The van der Waals surface area contributed by atoms with Crippen molar-refractivity contribution < 1.29 is 9.53 Å². The number of methoxy groups -OCH3 is 1. The molecule has 2 aromatic rings. The minimum absolute atomic E-state index is 0.305. The molecule has 5 heteroatoms. The van der Waals surface area contributed by atoms with Crippen molar-refractivity contribution in [2.45, 2.75) is 5.92 Å². The monoisotopic (exact) mass is 363 g/mol. The van der Waals surface area contributed by atoms with Gasteiger partial charge in [-0.05, 0) is 35.9 Å². The molecular weight excluding hydrogens is 354 g/mol. The first-order valence-corrected chi connectivity index (χ1v) is 7.26. The van der Waals surface area contributed by atoms with Gasteiger partial charge in [-0.2, -0.15) is 5.26 Å². The predicted molar refractivity (Wildman–Crippen MR) is 84.8 cm³/mol. The number of hydrogen-bond acceptors (Lipinski definition) is 3. The van der Waals surface area contributed by atoms with Crippen LogP contribution in [0.2, 0.25) is 5.02 Å². The highest BCUT2D eigenvalue weighted by atomic mass is 79.9. The number of halogens is 2. The van der Waals surface area contributed by atoms with Crippen LogP contribution in [-0.4, -0.2) is 12.9 Å². The SMILES string of the molecule is COc1cccc(C(C#N)C(=O)c2cc(Cl)ccc2Br)c1. The maximum Gasteiger partial charge on any atom is 0.185 e. The molecule has 0 saturated heterocycles. The lowest BCUT2D eigenvalue weighted by Crippen LogP contribution is -2.12. The lowest BCUT2D eigenvalue weighted by Gasteiger charge is -2.11. The van der Waals surface area contributed by atoms with E-state index >= 15 is 0 Å². The smallest absolute Gasteiger partial charge is 0.185 e. The van der Waals surface area contributed by atoms with Crippen LogP contribution in [0, 0.1) is 11.3 Å². The van der Waals surface area contributed by atoms with E-state index in [1.54, 1.807) is 42.5 Å². The van der Waals surface area contributed by atoms with Crippen molar-refractivity contribution in [1.82, 2.24) is 0 Å². The second-order valence-electron chi connectivity index (χ2n) is 4.33. The molecule has 3 nitrogen and oxygen atoms in total. The highest BCUT2D eigenvalue weighted by molar-refractivity contribution is 9.10. The lowest BCUT2D eigenvalue weighted by atomic mass is 9.92. The zero-order valence-electron chi connectivity index (χ0n) is 11.1. The van der Waals surface area contributed by atoms with Gasteiger partial charge in [0.05, 0.1) is 13.2 Å². The summed E-state index contributed by atoms with van der Waals surface area (Å²) in [4.78, 5) is 12.6. The van der Waals surface area contributed by atoms with Crippen molar-refractivity contribution in [2.24, 2.45) is 0 Å². The van der Waals surface area contributed by atoms with Crippen molar-refractivity contribution in [3.63, 3.8) is 0 Å². The molecule has 0 spiro atoms. The Kier molecular flexibility index (Phi) is 5.00. The number of carbonyl (C=O) groups excluding carboxylic acids is 1. The van der Waals surface area contributed by atoms with E-state index in [9.17, 15) is 10.1 Å². The van der Waals surface area contributed by atoms with E-state index in [-0.39, 0.29) is 5.78 Å². The van der Waals surface area contributed by atoms with Crippen LogP contribution in [0.1, 0.15) is 21.8 Å². The number of ether oxygens (including phenoxy) is 1. The van der Waals surface area contributed by atoms with E-state index in [4.69, 9.17) is 16.3 Å². The fourth-order valence-corrected chi connectivity index (χ4v) is 2.56. The van der Waals surface area contributed by atoms with Crippen molar-refractivity contribution in [3.05, 3.63) is 63.1 Å². The molecule has 1 atom stereocenters. The van der Waals surface area contributed by atoms with Crippen LogP contribution in [0.15, 0.2) is 46.9 Å². The third-order valence-corrected chi connectivity index (χ3v) is 3.94. The minimum Gasteiger partial charge on any atom is -0.497 e. The highest BCUT2D eigenvalue weighted by Gasteiger charge is 2.24. The second kappa shape index (κ2) is 6.75. The van der Waals surface area contributed by atoms with Gasteiger partial charge in [0.15, 0.2) is 5.78 Å². The maximum absolute atomic E-state index is 12.6. The number of nitriles is 1. The summed E-state index contributed by atoms with van der Waals surface area (Å²) < 4.78 is 5.74. The maximum atomic E-state index is 12.6. The fraction of sp³-hybridized carbons (Fsp3) is 0.125. The minimum atomic E-state index is -0.908. The van der Waals surface area contributed by atoms with Gasteiger partial charge >= 0.3 is 0 Å². The van der Waals surface area contributed by atoms with Crippen LogP contribution < -0.4 is 4.74 Å². The zero-order chi connectivity index (χ0) is 15.4. The van der Waals surface area contributed by atoms with Crippen LogP contribution >= 0.6 is 27.5 Å². The molecular formula is C16H11BrClNO2. The molecule has 0 aliphatic rings. The third kappa shape index (κ3) is 3.44. The number of rotatable bonds is 4. The Bertz CT molecular complexity index is 724. The van der Waals surface area contributed by atoms with Gasteiger partial charge in [-0.1, -0.05) is 39.7 Å². The molecule has 0 aliphatic carbocycles. The Morgan fingerprint density at radius 3 is 2.76 bits per heavy atom. The van der Waals surface area contributed by atoms with Gasteiger partial charge < -0.3 is 4.74 Å². The van der Waals surface area contributed by atoms with Crippen molar-refractivity contribution in [1.29, 1.82) is 5.26 Å². The Labute approximate surface area is 136 Å². The predicted octanol–water partition coefficient (Wildman–Crippen LogP) is 4.60. The van der Waals surface area contributed by atoms with Crippen LogP contribution in [0.4, 0.5) is 0 Å². The summed E-state index contributed by atoms with van der Waals surface area (Å²) >= 11 is 9.24. The van der Waals surface area contributed by atoms with Crippen LogP contribution in [-0.2, 0) is 0 Å². The van der Waals surface area contributed by atoms with E-state index in [0.29, 0.717) is 26.4 Å². The number of hydrogen-bond donors (Lipinski definition) is 0. The number of Topliss-reactive ketones (excluding diaryl/α,β-unsaturated/α-hetero) is 1. The summed E-state index contributed by atoms with van der Waals surface area (Å²) in [5.41, 5.74) is 0.977. The van der Waals surface area contributed by atoms with E-state index in [0.717, 1.165) is 0 Å². The number of ketones is 1.